The molecule has 1 N–H and O–H groups in total. The fourth-order valence-electron chi connectivity index (χ4n) is 0.965. The van der Waals surface area contributed by atoms with Crippen LogP contribution >= 0.6 is 0 Å². The van der Waals surface area contributed by atoms with Crippen LogP contribution in [0.25, 0.3) is 0 Å². The van der Waals surface area contributed by atoms with Crippen molar-refractivity contribution in [2.75, 3.05) is 11.9 Å². The molecule has 0 radical (unpaired) electrons. The number of nitrogens with zero attached hydrogens (tertiary/aromatic N) is 2. The lowest BCUT2D eigenvalue weighted by molar-refractivity contribution is 0.232. The first kappa shape index (κ1) is 11.3. The van der Waals surface area contributed by atoms with Crippen LogP contribution in [0.15, 0.2) is 12.4 Å². The first-order valence-corrected chi connectivity index (χ1v) is 4.84. The van der Waals surface area contributed by atoms with E-state index in [1.165, 1.54) is 6.33 Å². The minimum Gasteiger partial charge on any atom is -0.475 e. The number of nitrogens with one attached hydrogen (secondary N) is 1. The van der Waals surface area contributed by atoms with E-state index < -0.39 is 0 Å². The van der Waals surface area contributed by atoms with Gasteiger partial charge in [0.2, 0.25) is 5.88 Å². The molecule has 0 aliphatic carbocycles. The molecule has 0 fully saturated rings. The molecule has 15 heavy (non-hydrogen) atoms. The van der Waals surface area contributed by atoms with E-state index >= 15 is 0 Å². The summed E-state index contributed by atoms with van der Waals surface area (Å²) >= 11 is 0. The Labute approximate surface area is 90.1 Å². The number of anilines is 1. The summed E-state index contributed by atoms with van der Waals surface area (Å²) in [7, 11) is 0. The predicted molar refractivity (Wildman–Crippen MR) is 59.7 cm³/mol. The molecule has 0 atom stereocenters. The number of aromatic nitrogens is 2. The van der Waals surface area contributed by atoms with E-state index in [-0.39, 0.29) is 6.10 Å². The minimum atomic E-state index is 0.114. The van der Waals surface area contributed by atoms with Gasteiger partial charge in [-0.2, -0.15) is 0 Å². The molecular formula is C11H15N3O. The maximum Gasteiger partial charge on any atom is 0.218 e. The maximum absolute atomic E-state index is 5.43. The topological polar surface area (TPSA) is 47.0 Å². The maximum atomic E-state index is 5.43. The van der Waals surface area contributed by atoms with Crippen molar-refractivity contribution in [3.8, 4) is 17.7 Å². The molecule has 0 amide bonds. The summed E-state index contributed by atoms with van der Waals surface area (Å²) in [5.41, 5.74) is 0. The van der Waals surface area contributed by atoms with Crippen molar-refractivity contribution in [2.24, 2.45) is 0 Å². The Bertz CT molecular complexity index is 366. The number of ether oxygens (including phenoxy) is 1. The zero-order valence-corrected chi connectivity index (χ0v) is 9.24. The molecule has 0 spiro atoms. The molecule has 0 aliphatic heterocycles. The third-order valence-electron chi connectivity index (χ3n) is 1.53. The van der Waals surface area contributed by atoms with Crippen LogP contribution < -0.4 is 10.1 Å². The van der Waals surface area contributed by atoms with Gasteiger partial charge in [-0.25, -0.2) is 9.97 Å². The van der Waals surface area contributed by atoms with Gasteiger partial charge in [0, 0.05) is 6.07 Å². The second-order valence-electron chi connectivity index (χ2n) is 3.19. The fourth-order valence-corrected chi connectivity index (χ4v) is 0.965. The quantitative estimate of drug-likeness (QED) is 0.760. The molecule has 1 rings (SSSR count). The van der Waals surface area contributed by atoms with Crippen molar-refractivity contribution in [3.63, 3.8) is 0 Å². The van der Waals surface area contributed by atoms with Gasteiger partial charge in [-0.05, 0) is 20.8 Å². The summed E-state index contributed by atoms with van der Waals surface area (Å²) in [4.78, 5) is 8.05. The van der Waals surface area contributed by atoms with Gasteiger partial charge in [0.25, 0.3) is 0 Å². The molecule has 1 aromatic heterocycles. The highest BCUT2D eigenvalue weighted by molar-refractivity contribution is 5.38. The Morgan fingerprint density at radius 2 is 2.27 bits per heavy atom. The normalized spacial score (nSPS) is 9.33. The molecule has 0 saturated heterocycles. The average Bonchev–Trinajstić information content (AvgIpc) is 2.18. The lowest BCUT2D eigenvalue weighted by atomic mass is 10.4. The monoisotopic (exact) mass is 205 g/mol. The van der Waals surface area contributed by atoms with E-state index in [0.717, 1.165) is 5.82 Å². The molecule has 80 valence electrons. The highest BCUT2D eigenvalue weighted by Crippen LogP contribution is 2.11. The third kappa shape index (κ3) is 4.32. The van der Waals surface area contributed by atoms with Crippen LogP contribution in [-0.2, 0) is 0 Å². The van der Waals surface area contributed by atoms with Gasteiger partial charge in [0.05, 0.1) is 12.6 Å². The van der Waals surface area contributed by atoms with Gasteiger partial charge in [0.15, 0.2) is 0 Å². The highest BCUT2D eigenvalue weighted by atomic mass is 16.5. The molecule has 4 heteroatoms. The van der Waals surface area contributed by atoms with Crippen LogP contribution in [0.5, 0.6) is 5.88 Å². The van der Waals surface area contributed by atoms with Crippen LogP contribution in [-0.4, -0.2) is 22.6 Å². The van der Waals surface area contributed by atoms with Crippen LogP contribution in [0.4, 0.5) is 5.82 Å². The Morgan fingerprint density at radius 3 is 2.93 bits per heavy atom. The zero-order valence-electron chi connectivity index (χ0n) is 9.24. The van der Waals surface area contributed by atoms with Crippen molar-refractivity contribution in [1.82, 2.24) is 9.97 Å². The predicted octanol–water partition coefficient (Wildman–Crippen LogP) is 1.70. The van der Waals surface area contributed by atoms with Crippen molar-refractivity contribution in [2.45, 2.75) is 26.9 Å². The number of hydrogen-bond acceptors (Lipinski definition) is 4. The average molecular weight is 205 g/mol. The van der Waals surface area contributed by atoms with E-state index in [1.54, 1.807) is 13.0 Å². The summed E-state index contributed by atoms with van der Waals surface area (Å²) in [6.07, 6.45) is 1.59. The molecular weight excluding hydrogens is 190 g/mol. The van der Waals surface area contributed by atoms with Gasteiger partial charge in [-0.3, -0.25) is 0 Å². The first-order valence-electron chi connectivity index (χ1n) is 4.84. The van der Waals surface area contributed by atoms with Crippen LogP contribution in [0.3, 0.4) is 0 Å². The van der Waals surface area contributed by atoms with Gasteiger partial charge < -0.3 is 10.1 Å². The molecule has 1 aromatic rings. The summed E-state index contributed by atoms with van der Waals surface area (Å²) in [5.74, 6) is 6.99. The largest absolute Gasteiger partial charge is 0.475 e. The van der Waals surface area contributed by atoms with Crippen molar-refractivity contribution in [1.29, 1.82) is 0 Å². The Morgan fingerprint density at radius 1 is 1.47 bits per heavy atom. The van der Waals surface area contributed by atoms with Crippen LogP contribution in [0, 0.1) is 11.8 Å². The van der Waals surface area contributed by atoms with E-state index in [2.05, 4.69) is 27.1 Å². The molecule has 0 aromatic carbocycles. The number of rotatable bonds is 4. The fraction of sp³-hybridized carbons (Fsp3) is 0.455. The first-order chi connectivity index (χ1) is 7.22. The standard InChI is InChI=1S/C11H15N3O/c1-4-5-6-12-10-7-11(14-8-13-10)15-9(2)3/h7-9H,6H2,1-3H3,(H,12,13,14). The summed E-state index contributed by atoms with van der Waals surface area (Å²) < 4.78 is 5.43. The smallest absolute Gasteiger partial charge is 0.218 e. The van der Waals surface area contributed by atoms with Gasteiger partial charge in [-0.1, -0.05) is 5.92 Å². The Kier molecular flexibility index (Phi) is 4.42. The number of hydrogen-bond donors (Lipinski definition) is 1. The minimum absolute atomic E-state index is 0.114. The lowest BCUT2D eigenvalue weighted by Crippen LogP contribution is -2.08. The third-order valence-corrected chi connectivity index (χ3v) is 1.53. The Balaban J connectivity index is 2.60. The molecule has 4 nitrogen and oxygen atoms in total. The van der Waals surface area contributed by atoms with Gasteiger partial charge >= 0.3 is 0 Å². The SMILES string of the molecule is CC#CCNc1cc(OC(C)C)ncn1. The van der Waals surface area contributed by atoms with Crippen molar-refractivity contribution < 1.29 is 4.74 Å². The lowest BCUT2D eigenvalue weighted by Gasteiger charge is -2.09. The molecule has 0 bridgehead atoms. The molecule has 1 heterocycles. The van der Waals surface area contributed by atoms with Crippen molar-refractivity contribution >= 4 is 5.82 Å². The summed E-state index contributed by atoms with van der Waals surface area (Å²) in [5, 5.41) is 3.05. The summed E-state index contributed by atoms with van der Waals surface area (Å²) in [6, 6.07) is 1.76. The van der Waals surface area contributed by atoms with Crippen LogP contribution in [0.2, 0.25) is 0 Å². The molecule has 0 aliphatic rings. The van der Waals surface area contributed by atoms with E-state index in [9.17, 15) is 0 Å². The van der Waals surface area contributed by atoms with Gasteiger partial charge in [-0.15, -0.1) is 5.92 Å². The molecule has 0 unspecified atom stereocenters. The zero-order chi connectivity index (χ0) is 11.1. The van der Waals surface area contributed by atoms with Crippen LogP contribution in [0.1, 0.15) is 20.8 Å². The van der Waals surface area contributed by atoms with E-state index in [0.29, 0.717) is 12.4 Å². The van der Waals surface area contributed by atoms with E-state index in [1.807, 2.05) is 13.8 Å². The second-order valence-corrected chi connectivity index (χ2v) is 3.19. The van der Waals surface area contributed by atoms with Crippen molar-refractivity contribution in [3.05, 3.63) is 12.4 Å². The van der Waals surface area contributed by atoms with E-state index in [4.69, 9.17) is 4.74 Å². The Hall–Kier alpha value is -1.76. The summed E-state index contributed by atoms with van der Waals surface area (Å²) in [6.45, 7) is 6.29. The molecule has 0 saturated carbocycles. The van der Waals surface area contributed by atoms with Gasteiger partial charge in [0.1, 0.15) is 12.1 Å². The highest BCUT2D eigenvalue weighted by Gasteiger charge is 2.00. The second kappa shape index (κ2) is 5.86.